The molecule has 4 atom stereocenters. The fourth-order valence-corrected chi connectivity index (χ4v) is 4.72. The second-order valence-corrected chi connectivity index (χ2v) is 9.40. The normalized spacial score (nSPS) is 25.8. The van der Waals surface area contributed by atoms with Crippen LogP contribution in [-0.2, 0) is 27.8 Å². The number of aromatic nitrogens is 2. The zero-order valence-electron chi connectivity index (χ0n) is 15.2. The average Bonchev–Trinajstić information content (AvgIpc) is 3.22. The first kappa shape index (κ1) is 19.8. The maximum atomic E-state index is 14.2. The molecule has 0 spiro atoms. The molecule has 4 unspecified atom stereocenters. The summed E-state index contributed by atoms with van der Waals surface area (Å²) in [5.74, 6) is -0.997. The molecule has 2 aliphatic heterocycles. The van der Waals surface area contributed by atoms with Crippen molar-refractivity contribution < 1.29 is 21.9 Å². The van der Waals surface area contributed by atoms with Gasteiger partial charge in [0.05, 0.1) is 18.6 Å². The molecule has 2 aromatic rings. The number of rotatable bonds is 4. The molecule has 3 heterocycles. The third-order valence-electron chi connectivity index (χ3n) is 5.28. The Morgan fingerprint density at radius 2 is 2.11 bits per heavy atom. The van der Waals surface area contributed by atoms with Gasteiger partial charge in [-0.2, -0.15) is 9.19 Å². The highest BCUT2D eigenvalue weighted by Crippen LogP contribution is 2.35. The van der Waals surface area contributed by atoms with Crippen LogP contribution in [0.5, 0.6) is 0 Å². The van der Waals surface area contributed by atoms with E-state index in [1.54, 1.807) is 6.20 Å². The van der Waals surface area contributed by atoms with Gasteiger partial charge in [-0.25, -0.2) is 17.2 Å². The summed E-state index contributed by atoms with van der Waals surface area (Å²) in [7, 11) is -0.976. The average molecular weight is 430 g/mol. The SMILES string of the molecule is CS(=O)(=O)n1cc2c(n1)CN(C1COC(c3cc(F)ccc3F)C(NP)C1)C2. The summed E-state index contributed by atoms with van der Waals surface area (Å²) < 4.78 is 58.0. The Morgan fingerprint density at radius 3 is 2.79 bits per heavy atom. The second-order valence-electron chi connectivity index (χ2n) is 7.22. The molecule has 152 valence electrons. The van der Waals surface area contributed by atoms with Crippen molar-refractivity contribution in [3.63, 3.8) is 0 Å². The van der Waals surface area contributed by atoms with E-state index in [2.05, 4.69) is 24.5 Å². The maximum Gasteiger partial charge on any atom is 0.250 e. The summed E-state index contributed by atoms with van der Waals surface area (Å²) in [6, 6.07) is 3.20. The van der Waals surface area contributed by atoms with E-state index in [1.165, 1.54) is 6.07 Å². The number of hydrogen-bond donors (Lipinski definition) is 1. The summed E-state index contributed by atoms with van der Waals surface area (Å²) in [6.07, 6.45) is 2.73. The molecule has 7 nitrogen and oxygen atoms in total. The highest BCUT2D eigenvalue weighted by atomic mass is 32.2. The summed E-state index contributed by atoms with van der Waals surface area (Å²) in [5.41, 5.74) is 1.81. The lowest BCUT2D eigenvalue weighted by Crippen LogP contribution is -2.47. The van der Waals surface area contributed by atoms with E-state index in [1.807, 2.05) is 0 Å². The lowest BCUT2D eigenvalue weighted by Gasteiger charge is -2.40. The number of nitrogens with zero attached hydrogens (tertiary/aromatic N) is 3. The Hall–Kier alpha value is -1.45. The van der Waals surface area contributed by atoms with Gasteiger partial charge in [-0.1, -0.05) is 9.39 Å². The van der Waals surface area contributed by atoms with Gasteiger partial charge >= 0.3 is 0 Å². The molecule has 0 saturated carbocycles. The summed E-state index contributed by atoms with van der Waals surface area (Å²) in [4.78, 5) is 2.16. The van der Waals surface area contributed by atoms with Crippen molar-refractivity contribution in [1.82, 2.24) is 19.2 Å². The van der Waals surface area contributed by atoms with Crippen LogP contribution in [0.3, 0.4) is 0 Å². The van der Waals surface area contributed by atoms with Gasteiger partial charge < -0.3 is 4.74 Å². The van der Waals surface area contributed by atoms with Crippen molar-refractivity contribution in [2.45, 2.75) is 37.7 Å². The summed E-state index contributed by atoms with van der Waals surface area (Å²) in [5, 5.41) is 7.24. The number of fused-ring (bicyclic) bond motifs is 1. The Labute approximate surface area is 164 Å². The quantitative estimate of drug-likeness (QED) is 0.743. The van der Waals surface area contributed by atoms with Crippen LogP contribution < -0.4 is 5.09 Å². The Balaban J connectivity index is 1.47. The van der Waals surface area contributed by atoms with Crippen LogP contribution in [0.1, 0.15) is 29.3 Å². The first-order valence-corrected chi connectivity index (χ1v) is 11.2. The fourth-order valence-electron chi connectivity index (χ4n) is 3.85. The fraction of sp³-hybridized carbons (Fsp3) is 0.471. The molecule has 0 bridgehead atoms. The van der Waals surface area contributed by atoms with Gasteiger partial charge in [-0.15, -0.1) is 0 Å². The van der Waals surface area contributed by atoms with E-state index in [0.717, 1.165) is 33.7 Å². The zero-order valence-corrected chi connectivity index (χ0v) is 17.1. The van der Waals surface area contributed by atoms with Crippen molar-refractivity contribution in [3.05, 3.63) is 52.9 Å². The van der Waals surface area contributed by atoms with E-state index in [9.17, 15) is 17.2 Å². The van der Waals surface area contributed by atoms with Gasteiger partial charge in [0, 0.05) is 42.5 Å². The molecule has 0 aliphatic carbocycles. The molecule has 4 rings (SSSR count). The lowest BCUT2D eigenvalue weighted by molar-refractivity contribution is -0.0564. The molecule has 28 heavy (non-hydrogen) atoms. The number of nitrogens with one attached hydrogen (secondary N) is 1. The van der Waals surface area contributed by atoms with Crippen molar-refractivity contribution >= 4 is 19.4 Å². The Morgan fingerprint density at radius 1 is 1.32 bits per heavy atom. The van der Waals surface area contributed by atoms with E-state index >= 15 is 0 Å². The van der Waals surface area contributed by atoms with Crippen LogP contribution in [0.2, 0.25) is 0 Å². The standard InChI is InChI=1S/C17H21F2N4O3PS/c1-28(24,25)23-7-10-6-22(8-16(10)20-23)12-5-15(21-27)17(26-9-12)13-4-11(18)2-3-14(13)19/h2-4,7,12,15,17,21H,5-6,8-9,27H2,1H3. The minimum atomic E-state index is -3.40. The van der Waals surface area contributed by atoms with Crippen molar-refractivity contribution in [1.29, 1.82) is 0 Å². The summed E-state index contributed by atoms with van der Waals surface area (Å²) in [6.45, 7) is 1.45. The molecule has 1 saturated heterocycles. The number of halogens is 2. The van der Waals surface area contributed by atoms with E-state index < -0.39 is 27.8 Å². The van der Waals surface area contributed by atoms with Gasteiger partial charge in [0.15, 0.2) is 0 Å². The smallest absolute Gasteiger partial charge is 0.250 e. The number of benzene rings is 1. The topological polar surface area (TPSA) is 76.5 Å². The summed E-state index contributed by atoms with van der Waals surface area (Å²) >= 11 is 0. The molecule has 1 aromatic carbocycles. The molecule has 2 aliphatic rings. The third kappa shape index (κ3) is 3.71. The van der Waals surface area contributed by atoms with E-state index in [0.29, 0.717) is 26.1 Å². The van der Waals surface area contributed by atoms with E-state index in [-0.39, 0.29) is 17.6 Å². The largest absolute Gasteiger partial charge is 0.370 e. The van der Waals surface area contributed by atoms with Gasteiger partial charge in [0.2, 0.25) is 0 Å². The minimum Gasteiger partial charge on any atom is -0.370 e. The first-order chi connectivity index (χ1) is 13.3. The van der Waals surface area contributed by atoms with Gasteiger partial charge in [-0.05, 0) is 24.6 Å². The number of ether oxygens (including phenoxy) is 1. The third-order valence-corrected chi connectivity index (χ3v) is 6.57. The van der Waals surface area contributed by atoms with E-state index in [4.69, 9.17) is 4.74 Å². The molecule has 0 amide bonds. The van der Waals surface area contributed by atoms with Crippen LogP contribution in [0.15, 0.2) is 24.4 Å². The van der Waals surface area contributed by atoms with Crippen LogP contribution in [-0.4, -0.2) is 47.4 Å². The molecule has 1 N–H and O–H groups in total. The molecular formula is C17H21F2N4O3PS. The highest BCUT2D eigenvalue weighted by molar-refractivity contribution is 7.89. The molecule has 1 aromatic heterocycles. The predicted molar refractivity (Wildman–Crippen MR) is 102 cm³/mol. The Kier molecular flexibility index (Phi) is 5.26. The van der Waals surface area contributed by atoms with Crippen molar-refractivity contribution in [2.24, 2.45) is 0 Å². The van der Waals surface area contributed by atoms with Crippen LogP contribution in [0.25, 0.3) is 0 Å². The first-order valence-electron chi connectivity index (χ1n) is 8.81. The molecular weight excluding hydrogens is 409 g/mol. The zero-order chi connectivity index (χ0) is 20.1. The molecule has 0 radical (unpaired) electrons. The minimum absolute atomic E-state index is 0.0480. The van der Waals surface area contributed by atoms with Gasteiger partial charge in [-0.3, -0.25) is 9.99 Å². The van der Waals surface area contributed by atoms with Crippen LogP contribution in [0.4, 0.5) is 8.78 Å². The van der Waals surface area contributed by atoms with Gasteiger partial charge in [0.1, 0.15) is 17.7 Å². The lowest BCUT2D eigenvalue weighted by atomic mass is 9.93. The Bertz CT molecular complexity index is 977. The van der Waals surface area contributed by atoms with Crippen LogP contribution in [0, 0.1) is 11.6 Å². The van der Waals surface area contributed by atoms with Crippen molar-refractivity contribution in [2.75, 3.05) is 12.9 Å². The molecule has 11 heteroatoms. The van der Waals surface area contributed by atoms with Crippen molar-refractivity contribution in [3.8, 4) is 0 Å². The second kappa shape index (κ2) is 7.42. The maximum absolute atomic E-state index is 14.2. The molecule has 1 fully saturated rings. The number of hydrogen-bond acceptors (Lipinski definition) is 6. The predicted octanol–water partition coefficient (Wildman–Crippen LogP) is 1.56. The monoisotopic (exact) mass is 430 g/mol. The highest BCUT2D eigenvalue weighted by Gasteiger charge is 2.38. The van der Waals surface area contributed by atoms with Crippen LogP contribution >= 0.6 is 9.39 Å². The van der Waals surface area contributed by atoms with Gasteiger partial charge in [0.25, 0.3) is 10.0 Å².